The lowest BCUT2D eigenvalue weighted by Gasteiger charge is -2.05. The molecule has 23 heavy (non-hydrogen) atoms. The van der Waals surface area contributed by atoms with E-state index < -0.39 is 0 Å². The summed E-state index contributed by atoms with van der Waals surface area (Å²) in [6, 6.07) is 12.4. The number of aryl methyl sites for hydroxylation is 1. The molecule has 0 N–H and O–H groups in total. The molecule has 0 saturated heterocycles. The molecule has 0 heterocycles. The summed E-state index contributed by atoms with van der Waals surface area (Å²) in [6.07, 6.45) is 0. The van der Waals surface area contributed by atoms with Crippen molar-refractivity contribution in [1.82, 2.24) is 0 Å². The molecule has 2 rings (SSSR count). The molecule has 4 heteroatoms. The lowest BCUT2D eigenvalue weighted by atomic mass is 10.1. The van der Waals surface area contributed by atoms with E-state index in [1.807, 2.05) is 25.1 Å². The van der Waals surface area contributed by atoms with E-state index in [0.29, 0.717) is 11.1 Å². The van der Waals surface area contributed by atoms with Crippen LogP contribution < -0.4 is 9.47 Å². The fraction of sp³-hybridized carbons (Fsp3) is 0.263. The van der Waals surface area contributed by atoms with Crippen LogP contribution in [0.2, 0.25) is 0 Å². The molecule has 0 aliphatic carbocycles. The van der Waals surface area contributed by atoms with Crippen molar-refractivity contribution in [1.29, 1.82) is 0 Å². The summed E-state index contributed by atoms with van der Waals surface area (Å²) in [5.74, 6) is 1.80. The van der Waals surface area contributed by atoms with Crippen molar-refractivity contribution in [2.24, 2.45) is 0 Å². The lowest BCUT2D eigenvalue weighted by Crippen LogP contribution is -1.95. The second kappa shape index (κ2) is 8.73. The molecule has 2 aromatic rings. The van der Waals surface area contributed by atoms with Gasteiger partial charge in [-0.1, -0.05) is 24.3 Å². The maximum Gasteiger partial charge on any atom is 0.159 e. The molecule has 0 saturated carbocycles. The van der Waals surface area contributed by atoms with Gasteiger partial charge in [-0.3, -0.25) is 9.59 Å². The minimum atomic E-state index is 0.0186. The molecular weight excluding hydrogens is 292 g/mol. The van der Waals surface area contributed by atoms with Gasteiger partial charge < -0.3 is 9.47 Å². The monoisotopic (exact) mass is 314 g/mol. The Labute approximate surface area is 137 Å². The Morgan fingerprint density at radius 2 is 1.26 bits per heavy atom. The molecule has 0 atom stereocenters. The maximum absolute atomic E-state index is 10.8. The fourth-order valence-electron chi connectivity index (χ4n) is 1.92. The summed E-state index contributed by atoms with van der Waals surface area (Å²) >= 11 is 0. The molecule has 0 radical (unpaired) electrons. The maximum atomic E-state index is 10.8. The minimum Gasteiger partial charge on any atom is -0.497 e. The number of carbonyl (C=O) groups excluding carboxylic acids is 2. The molecule has 0 spiro atoms. The first-order chi connectivity index (χ1) is 10.9. The van der Waals surface area contributed by atoms with E-state index >= 15 is 0 Å². The number of hydrogen-bond acceptors (Lipinski definition) is 4. The van der Waals surface area contributed by atoms with Gasteiger partial charge in [-0.15, -0.1) is 0 Å². The smallest absolute Gasteiger partial charge is 0.159 e. The van der Waals surface area contributed by atoms with Crippen molar-refractivity contribution in [2.45, 2.75) is 20.8 Å². The van der Waals surface area contributed by atoms with E-state index in [-0.39, 0.29) is 11.6 Å². The zero-order valence-electron chi connectivity index (χ0n) is 14.2. The predicted molar refractivity (Wildman–Crippen MR) is 90.7 cm³/mol. The Balaban J connectivity index is 0.000000231. The van der Waals surface area contributed by atoms with Gasteiger partial charge in [0.05, 0.1) is 14.2 Å². The average molecular weight is 314 g/mol. The summed E-state index contributed by atoms with van der Waals surface area (Å²) in [7, 11) is 3.32. The van der Waals surface area contributed by atoms with E-state index in [4.69, 9.17) is 9.47 Å². The van der Waals surface area contributed by atoms with Crippen LogP contribution in [-0.2, 0) is 0 Å². The standard InChI is InChI=1S/C10H10O2.C9H12O2/c1-7(11)9-3-5-10(6-4-9)8(2)12;1-7-6-8(10-2)4-5-9(7)11-3/h3-6H,1-2H3;4-6H,1-3H3. The van der Waals surface area contributed by atoms with Crippen LogP contribution in [0.25, 0.3) is 0 Å². The van der Waals surface area contributed by atoms with Gasteiger partial charge in [-0.2, -0.15) is 0 Å². The molecule has 0 aromatic heterocycles. The van der Waals surface area contributed by atoms with Crippen molar-refractivity contribution in [3.05, 3.63) is 59.2 Å². The van der Waals surface area contributed by atoms with Crippen LogP contribution in [-0.4, -0.2) is 25.8 Å². The molecule has 0 aliphatic heterocycles. The van der Waals surface area contributed by atoms with E-state index in [0.717, 1.165) is 17.1 Å². The number of benzene rings is 2. The summed E-state index contributed by atoms with van der Waals surface area (Å²) < 4.78 is 10.1. The quantitative estimate of drug-likeness (QED) is 0.797. The summed E-state index contributed by atoms with van der Waals surface area (Å²) in [6.45, 7) is 4.99. The number of hydrogen-bond donors (Lipinski definition) is 0. The van der Waals surface area contributed by atoms with Gasteiger partial charge in [-0.25, -0.2) is 0 Å². The van der Waals surface area contributed by atoms with Crippen molar-refractivity contribution in [2.75, 3.05) is 14.2 Å². The van der Waals surface area contributed by atoms with Crippen molar-refractivity contribution >= 4 is 11.6 Å². The van der Waals surface area contributed by atoms with Crippen molar-refractivity contribution in [3.8, 4) is 11.5 Å². The molecule has 2 aromatic carbocycles. The van der Waals surface area contributed by atoms with Gasteiger partial charge in [0, 0.05) is 11.1 Å². The highest BCUT2D eigenvalue weighted by molar-refractivity contribution is 5.97. The second-order valence-electron chi connectivity index (χ2n) is 5.03. The first kappa shape index (κ1) is 18.4. The van der Waals surface area contributed by atoms with Crippen LogP contribution in [0.1, 0.15) is 40.1 Å². The summed E-state index contributed by atoms with van der Waals surface area (Å²) in [5.41, 5.74) is 2.37. The molecule has 0 aliphatic rings. The van der Waals surface area contributed by atoms with E-state index in [1.165, 1.54) is 13.8 Å². The lowest BCUT2D eigenvalue weighted by molar-refractivity contribution is 0.100. The molecule has 122 valence electrons. The Morgan fingerprint density at radius 3 is 1.57 bits per heavy atom. The highest BCUT2D eigenvalue weighted by atomic mass is 16.5. The zero-order chi connectivity index (χ0) is 17.4. The third kappa shape index (κ3) is 5.58. The number of Topliss-reactive ketones (excluding diaryl/α,β-unsaturated/α-hetero) is 2. The topological polar surface area (TPSA) is 52.6 Å². The van der Waals surface area contributed by atoms with Gasteiger partial charge in [-0.05, 0) is 44.5 Å². The highest BCUT2D eigenvalue weighted by Gasteiger charge is 2.01. The third-order valence-corrected chi connectivity index (χ3v) is 3.30. The zero-order valence-corrected chi connectivity index (χ0v) is 14.2. The van der Waals surface area contributed by atoms with Crippen LogP contribution in [0.3, 0.4) is 0 Å². The Bertz CT molecular complexity index is 639. The minimum absolute atomic E-state index is 0.0186. The van der Waals surface area contributed by atoms with Gasteiger partial charge in [0.25, 0.3) is 0 Å². The Hall–Kier alpha value is -2.62. The van der Waals surface area contributed by atoms with Crippen molar-refractivity contribution in [3.63, 3.8) is 0 Å². The Morgan fingerprint density at radius 1 is 0.783 bits per heavy atom. The predicted octanol–water partition coefficient (Wildman–Crippen LogP) is 4.10. The normalized spacial score (nSPS) is 9.43. The van der Waals surface area contributed by atoms with Crippen LogP contribution in [0.4, 0.5) is 0 Å². The molecule has 0 amide bonds. The van der Waals surface area contributed by atoms with Crippen molar-refractivity contribution < 1.29 is 19.1 Å². The van der Waals surface area contributed by atoms with E-state index in [9.17, 15) is 9.59 Å². The van der Waals surface area contributed by atoms with Crippen LogP contribution in [0.5, 0.6) is 11.5 Å². The first-order valence-electron chi connectivity index (χ1n) is 7.19. The van der Waals surface area contributed by atoms with E-state index in [1.54, 1.807) is 38.5 Å². The molecule has 4 nitrogen and oxygen atoms in total. The molecule has 0 fully saturated rings. The number of carbonyl (C=O) groups is 2. The average Bonchev–Trinajstić information content (AvgIpc) is 2.55. The van der Waals surface area contributed by atoms with Gasteiger partial charge in [0.1, 0.15) is 11.5 Å². The fourth-order valence-corrected chi connectivity index (χ4v) is 1.92. The van der Waals surface area contributed by atoms with Gasteiger partial charge >= 0.3 is 0 Å². The number of ether oxygens (including phenoxy) is 2. The van der Waals surface area contributed by atoms with E-state index in [2.05, 4.69) is 0 Å². The molecule has 0 bridgehead atoms. The SMILES string of the molecule is CC(=O)c1ccc(C(C)=O)cc1.COc1ccc(OC)c(C)c1. The largest absolute Gasteiger partial charge is 0.497 e. The van der Waals surface area contributed by atoms with Crippen LogP contribution >= 0.6 is 0 Å². The Kier molecular flexibility index (Phi) is 7.00. The third-order valence-electron chi connectivity index (χ3n) is 3.30. The highest BCUT2D eigenvalue weighted by Crippen LogP contribution is 2.22. The molecule has 0 unspecified atom stereocenters. The van der Waals surface area contributed by atoms with Crippen LogP contribution in [0.15, 0.2) is 42.5 Å². The second-order valence-corrected chi connectivity index (χ2v) is 5.03. The van der Waals surface area contributed by atoms with Gasteiger partial charge in [0.15, 0.2) is 11.6 Å². The first-order valence-corrected chi connectivity index (χ1v) is 7.19. The number of methoxy groups -OCH3 is 2. The number of ketones is 2. The number of rotatable bonds is 4. The molecular formula is C19H22O4. The van der Waals surface area contributed by atoms with Crippen LogP contribution in [0, 0.1) is 6.92 Å². The summed E-state index contributed by atoms with van der Waals surface area (Å²) in [4.78, 5) is 21.7. The van der Waals surface area contributed by atoms with Gasteiger partial charge in [0.2, 0.25) is 0 Å². The summed E-state index contributed by atoms with van der Waals surface area (Å²) in [5, 5.41) is 0.